The third kappa shape index (κ3) is 4.31. The maximum Gasteiger partial charge on any atom is 0.0589 e. The SMILES string of the molecule is COCCN1CCN(CCS)CC1. The first-order valence-electron chi connectivity index (χ1n) is 4.91. The predicted molar refractivity (Wildman–Crippen MR) is 58.6 cm³/mol. The first kappa shape index (κ1) is 11.3. The molecule has 0 aliphatic carbocycles. The molecule has 3 nitrogen and oxygen atoms in total. The van der Waals surface area contributed by atoms with Gasteiger partial charge in [0.05, 0.1) is 6.61 Å². The molecule has 0 N–H and O–H groups in total. The molecule has 0 saturated carbocycles. The number of hydrogen-bond donors (Lipinski definition) is 1. The van der Waals surface area contributed by atoms with E-state index in [4.69, 9.17) is 4.74 Å². The summed E-state index contributed by atoms with van der Waals surface area (Å²) in [6.07, 6.45) is 0. The smallest absolute Gasteiger partial charge is 0.0589 e. The quantitative estimate of drug-likeness (QED) is 0.643. The summed E-state index contributed by atoms with van der Waals surface area (Å²) in [6, 6.07) is 0. The Kier molecular flexibility index (Phi) is 5.78. The summed E-state index contributed by atoms with van der Waals surface area (Å²) in [6.45, 7) is 7.78. The zero-order chi connectivity index (χ0) is 9.52. The topological polar surface area (TPSA) is 15.7 Å². The number of rotatable bonds is 5. The molecule has 0 aromatic carbocycles. The minimum Gasteiger partial charge on any atom is -0.383 e. The van der Waals surface area contributed by atoms with E-state index in [1.165, 1.54) is 26.2 Å². The van der Waals surface area contributed by atoms with Crippen molar-refractivity contribution >= 4 is 12.6 Å². The normalized spacial score (nSPS) is 20.8. The van der Waals surface area contributed by atoms with E-state index in [1.807, 2.05) is 0 Å². The third-order valence-corrected chi connectivity index (χ3v) is 2.69. The van der Waals surface area contributed by atoms with Crippen LogP contribution in [0.25, 0.3) is 0 Å². The second kappa shape index (κ2) is 6.65. The van der Waals surface area contributed by atoms with Crippen molar-refractivity contribution in [3.05, 3.63) is 0 Å². The minimum atomic E-state index is 0.854. The maximum atomic E-state index is 5.05. The molecule has 0 unspecified atom stereocenters. The average molecular weight is 204 g/mol. The van der Waals surface area contributed by atoms with Gasteiger partial charge in [-0.1, -0.05) is 0 Å². The van der Waals surface area contributed by atoms with Crippen LogP contribution >= 0.6 is 12.6 Å². The van der Waals surface area contributed by atoms with E-state index in [1.54, 1.807) is 7.11 Å². The van der Waals surface area contributed by atoms with Crippen LogP contribution < -0.4 is 0 Å². The Labute approximate surface area is 86.4 Å². The monoisotopic (exact) mass is 204 g/mol. The summed E-state index contributed by atoms with van der Waals surface area (Å²) in [5.41, 5.74) is 0. The number of piperazine rings is 1. The number of hydrogen-bond acceptors (Lipinski definition) is 4. The van der Waals surface area contributed by atoms with Crippen molar-refractivity contribution in [1.82, 2.24) is 9.80 Å². The fourth-order valence-corrected chi connectivity index (χ4v) is 1.88. The lowest BCUT2D eigenvalue weighted by Gasteiger charge is -2.34. The van der Waals surface area contributed by atoms with Gasteiger partial charge in [0.15, 0.2) is 0 Å². The van der Waals surface area contributed by atoms with Crippen molar-refractivity contribution in [2.75, 3.05) is 58.7 Å². The van der Waals surface area contributed by atoms with E-state index in [9.17, 15) is 0 Å². The van der Waals surface area contributed by atoms with Crippen molar-refractivity contribution in [3.63, 3.8) is 0 Å². The van der Waals surface area contributed by atoms with Crippen LogP contribution in [-0.4, -0.2) is 68.5 Å². The van der Waals surface area contributed by atoms with E-state index < -0.39 is 0 Å². The van der Waals surface area contributed by atoms with Crippen LogP contribution in [0.15, 0.2) is 0 Å². The average Bonchev–Trinajstić information content (AvgIpc) is 2.17. The molecule has 1 aliphatic heterocycles. The largest absolute Gasteiger partial charge is 0.383 e. The highest BCUT2D eigenvalue weighted by Crippen LogP contribution is 2.00. The van der Waals surface area contributed by atoms with Crippen molar-refractivity contribution in [2.24, 2.45) is 0 Å². The van der Waals surface area contributed by atoms with Crippen molar-refractivity contribution in [1.29, 1.82) is 0 Å². The van der Waals surface area contributed by atoms with Gasteiger partial charge in [-0.05, 0) is 0 Å². The van der Waals surface area contributed by atoms with E-state index in [0.717, 1.165) is 25.4 Å². The number of nitrogens with zero attached hydrogens (tertiary/aromatic N) is 2. The lowest BCUT2D eigenvalue weighted by molar-refractivity contribution is 0.100. The van der Waals surface area contributed by atoms with Crippen molar-refractivity contribution < 1.29 is 4.74 Å². The molecule has 13 heavy (non-hydrogen) atoms. The van der Waals surface area contributed by atoms with Crippen LogP contribution in [0, 0.1) is 0 Å². The Balaban J connectivity index is 2.08. The summed E-state index contributed by atoms with van der Waals surface area (Å²) < 4.78 is 5.05. The van der Waals surface area contributed by atoms with Gasteiger partial charge < -0.3 is 4.74 Å². The molecule has 0 atom stereocenters. The molecule has 78 valence electrons. The second-order valence-electron chi connectivity index (χ2n) is 3.40. The van der Waals surface area contributed by atoms with E-state index >= 15 is 0 Å². The number of ether oxygens (including phenoxy) is 1. The highest BCUT2D eigenvalue weighted by molar-refractivity contribution is 7.80. The van der Waals surface area contributed by atoms with Crippen LogP contribution in [0.3, 0.4) is 0 Å². The van der Waals surface area contributed by atoms with Gasteiger partial charge in [0.25, 0.3) is 0 Å². The number of methoxy groups -OCH3 is 1. The van der Waals surface area contributed by atoms with Gasteiger partial charge >= 0.3 is 0 Å². The molecule has 1 fully saturated rings. The molecular weight excluding hydrogens is 184 g/mol. The van der Waals surface area contributed by atoms with Gasteiger partial charge in [-0.2, -0.15) is 12.6 Å². The fraction of sp³-hybridized carbons (Fsp3) is 1.00. The summed E-state index contributed by atoms with van der Waals surface area (Å²) in [7, 11) is 1.76. The van der Waals surface area contributed by atoms with Crippen LogP contribution in [0.2, 0.25) is 0 Å². The van der Waals surface area contributed by atoms with Gasteiger partial charge in [0.2, 0.25) is 0 Å². The zero-order valence-corrected chi connectivity index (χ0v) is 9.30. The Bertz CT molecular complexity index is 127. The third-order valence-electron chi connectivity index (χ3n) is 2.49. The summed E-state index contributed by atoms with van der Waals surface area (Å²) in [4.78, 5) is 4.93. The fourth-order valence-electron chi connectivity index (χ4n) is 1.60. The molecule has 0 radical (unpaired) electrons. The van der Waals surface area contributed by atoms with Gasteiger partial charge in [0, 0.05) is 52.1 Å². The molecule has 1 heterocycles. The highest BCUT2D eigenvalue weighted by atomic mass is 32.1. The molecule has 1 aliphatic rings. The second-order valence-corrected chi connectivity index (χ2v) is 3.85. The Morgan fingerprint density at radius 2 is 1.62 bits per heavy atom. The van der Waals surface area contributed by atoms with E-state index in [-0.39, 0.29) is 0 Å². The minimum absolute atomic E-state index is 0.854. The summed E-state index contributed by atoms with van der Waals surface area (Å²) >= 11 is 4.23. The molecule has 0 bridgehead atoms. The zero-order valence-electron chi connectivity index (χ0n) is 8.41. The Morgan fingerprint density at radius 3 is 2.08 bits per heavy atom. The molecule has 0 aromatic heterocycles. The van der Waals surface area contributed by atoms with E-state index in [2.05, 4.69) is 22.4 Å². The molecule has 0 aromatic rings. The lowest BCUT2D eigenvalue weighted by atomic mass is 10.3. The van der Waals surface area contributed by atoms with Crippen LogP contribution in [0.5, 0.6) is 0 Å². The van der Waals surface area contributed by atoms with Crippen molar-refractivity contribution in [2.45, 2.75) is 0 Å². The van der Waals surface area contributed by atoms with Crippen LogP contribution in [0.4, 0.5) is 0 Å². The maximum absolute atomic E-state index is 5.05. The van der Waals surface area contributed by atoms with Crippen LogP contribution in [-0.2, 0) is 4.74 Å². The first-order chi connectivity index (χ1) is 6.36. The highest BCUT2D eigenvalue weighted by Gasteiger charge is 2.14. The standard InChI is InChI=1S/C9H20N2OS/c1-12-8-6-10-2-4-11(5-3-10)7-9-13/h13H,2-9H2,1H3. The van der Waals surface area contributed by atoms with Gasteiger partial charge in [-0.15, -0.1) is 0 Å². The van der Waals surface area contributed by atoms with Gasteiger partial charge in [0.1, 0.15) is 0 Å². The van der Waals surface area contributed by atoms with Gasteiger partial charge in [-0.3, -0.25) is 9.80 Å². The Hall–Kier alpha value is 0.230. The first-order valence-corrected chi connectivity index (χ1v) is 5.54. The van der Waals surface area contributed by atoms with Crippen molar-refractivity contribution in [3.8, 4) is 0 Å². The summed E-state index contributed by atoms with van der Waals surface area (Å²) in [5, 5.41) is 0. The molecule has 4 heteroatoms. The molecule has 0 spiro atoms. The van der Waals surface area contributed by atoms with Gasteiger partial charge in [-0.25, -0.2) is 0 Å². The molecule has 1 saturated heterocycles. The molecule has 0 amide bonds. The summed E-state index contributed by atoms with van der Waals surface area (Å²) in [5.74, 6) is 0.970. The molecule has 1 rings (SSSR count). The number of thiol groups is 1. The molecular formula is C9H20N2OS. The Morgan fingerprint density at radius 1 is 1.08 bits per heavy atom. The van der Waals surface area contributed by atoms with E-state index in [0.29, 0.717) is 0 Å². The van der Waals surface area contributed by atoms with Crippen LogP contribution in [0.1, 0.15) is 0 Å². The lowest BCUT2D eigenvalue weighted by Crippen LogP contribution is -2.47. The predicted octanol–water partition coefficient (Wildman–Crippen LogP) is 0.180.